The Kier molecular flexibility index (Phi) is 4.68. The zero-order chi connectivity index (χ0) is 25.0. The molecule has 3 aliphatic carbocycles. The first-order valence-corrected chi connectivity index (χ1v) is 13.4. The Morgan fingerprint density at radius 2 is 1.94 bits per heavy atom. The molecule has 7 nitrogen and oxygen atoms in total. The van der Waals surface area contributed by atoms with Crippen LogP contribution >= 0.6 is 11.6 Å². The molecule has 0 radical (unpaired) electrons. The molecule has 36 heavy (non-hydrogen) atoms. The molecule has 2 aliphatic heterocycles. The van der Waals surface area contributed by atoms with Crippen LogP contribution in [-0.2, 0) is 11.8 Å². The van der Waals surface area contributed by atoms with Crippen LogP contribution in [-0.4, -0.2) is 69.6 Å². The molecule has 2 aromatic rings. The van der Waals surface area contributed by atoms with Crippen molar-refractivity contribution in [3.05, 3.63) is 63.3 Å². The number of amides is 1. The highest BCUT2D eigenvalue weighted by Gasteiger charge is 2.76. The van der Waals surface area contributed by atoms with Crippen molar-refractivity contribution in [2.45, 2.75) is 67.7 Å². The van der Waals surface area contributed by atoms with Crippen molar-refractivity contribution >= 4 is 17.5 Å². The monoisotopic (exact) mass is 510 g/mol. The first kappa shape index (κ1) is 22.8. The van der Waals surface area contributed by atoms with Crippen LogP contribution in [0.3, 0.4) is 0 Å². The molecule has 7 rings (SSSR count). The van der Waals surface area contributed by atoms with Crippen LogP contribution < -0.4 is 4.74 Å². The van der Waals surface area contributed by atoms with Crippen LogP contribution in [0, 0.1) is 11.1 Å². The van der Waals surface area contributed by atoms with E-state index in [1.165, 1.54) is 0 Å². The Morgan fingerprint density at radius 3 is 2.67 bits per heavy atom. The number of quaternary nitrogens is 1. The minimum absolute atomic E-state index is 0.0511. The zero-order valence-corrected chi connectivity index (χ0v) is 21.1. The number of likely N-dealkylation sites (tertiary alicyclic amines) is 1. The van der Waals surface area contributed by atoms with Crippen molar-refractivity contribution in [3.8, 4) is 11.5 Å². The van der Waals surface area contributed by atoms with Gasteiger partial charge in [-0.3, -0.25) is 4.79 Å². The van der Waals surface area contributed by atoms with Crippen molar-refractivity contribution < 1.29 is 24.4 Å². The van der Waals surface area contributed by atoms with E-state index in [1.807, 2.05) is 6.07 Å². The van der Waals surface area contributed by atoms with Gasteiger partial charge < -0.3 is 29.7 Å². The van der Waals surface area contributed by atoms with E-state index in [2.05, 4.69) is 0 Å². The van der Waals surface area contributed by atoms with E-state index in [9.17, 15) is 20.2 Å². The molecule has 1 spiro atoms. The van der Waals surface area contributed by atoms with Crippen LogP contribution in [0.4, 0.5) is 0 Å². The molecule has 1 saturated heterocycles. The largest absolute Gasteiger partial charge is 0.632 e. The quantitative estimate of drug-likeness (QED) is 0.482. The molecule has 2 bridgehead atoms. The minimum Gasteiger partial charge on any atom is -0.632 e. The maximum absolute atomic E-state index is 14.3. The van der Waals surface area contributed by atoms with Crippen molar-refractivity contribution in [2.75, 3.05) is 20.1 Å². The van der Waals surface area contributed by atoms with E-state index in [-0.39, 0.29) is 22.3 Å². The van der Waals surface area contributed by atoms with E-state index in [1.54, 1.807) is 42.3 Å². The maximum Gasteiger partial charge on any atom is 0.253 e. The standard InChI is InChI=1S/C28H31ClN2O5/c1-30(26(33)17-4-7-19(29)8-5-17)20-10-11-28(34)22-14-18-6-9-21(32)24-23(18)27(28,25(20)36-24)12-13-31(22,35)15-16-2-3-16/h4-9,16,20,22,25,32,34H,2-3,10-15H2,1H3/t20-,22-,25+,27?,28-,31?/m1/s1. The molecule has 190 valence electrons. The molecule has 2 aromatic carbocycles. The number of phenolic OH excluding ortho intramolecular Hbond substituents is 1. The number of carbonyl (C=O) groups excluding carboxylic acids is 1. The van der Waals surface area contributed by atoms with Crippen molar-refractivity contribution in [1.29, 1.82) is 0 Å². The molecule has 2 N–H and O–H groups in total. The summed E-state index contributed by atoms with van der Waals surface area (Å²) in [5.41, 5.74) is 0.303. The van der Waals surface area contributed by atoms with E-state index >= 15 is 0 Å². The highest BCUT2D eigenvalue weighted by Crippen LogP contribution is 2.67. The van der Waals surface area contributed by atoms with Gasteiger partial charge in [0.25, 0.3) is 5.91 Å². The molecule has 2 saturated carbocycles. The van der Waals surface area contributed by atoms with Gasteiger partial charge in [-0.1, -0.05) is 17.7 Å². The number of piperidine rings is 1. The number of nitrogens with zero attached hydrogens (tertiary/aromatic N) is 2. The zero-order valence-electron chi connectivity index (χ0n) is 20.3. The lowest BCUT2D eigenvalue weighted by Crippen LogP contribution is -2.81. The summed E-state index contributed by atoms with van der Waals surface area (Å²) in [4.78, 5) is 15.2. The van der Waals surface area contributed by atoms with Crippen LogP contribution in [0.2, 0.25) is 5.02 Å². The average molecular weight is 511 g/mol. The predicted molar refractivity (Wildman–Crippen MR) is 134 cm³/mol. The topological polar surface area (TPSA) is 93.1 Å². The second-order valence-corrected chi connectivity index (χ2v) is 12.1. The van der Waals surface area contributed by atoms with Crippen molar-refractivity contribution in [2.24, 2.45) is 5.92 Å². The highest BCUT2D eigenvalue weighted by molar-refractivity contribution is 6.30. The van der Waals surface area contributed by atoms with Crippen LogP contribution in [0.25, 0.3) is 0 Å². The number of hydrogen-bond acceptors (Lipinski definition) is 5. The van der Waals surface area contributed by atoms with Gasteiger partial charge in [0, 0.05) is 42.0 Å². The smallest absolute Gasteiger partial charge is 0.253 e. The van der Waals surface area contributed by atoms with Crippen molar-refractivity contribution in [1.82, 2.24) is 4.90 Å². The SMILES string of the molecule is CN(C(=O)c1ccc(Cl)cc1)[C@@H]1CC[C@@]2(O)[C@H]3Cc4ccc(O)c5c4C2(CC[N+]3([O-])CC2CC2)[C@H]1O5. The van der Waals surface area contributed by atoms with E-state index < -0.39 is 23.2 Å². The Bertz CT molecular complexity index is 1270. The van der Waals surface area contributed by atoms with Gasteiger partial charge in [-0.05, 0) is 61.6 Å². The van der Waals surface area contributed by atoms with Crippen LogP contribution in [0.5, 0.6) is 11.5 Å². The highest BCUT2D eigenvalue weighted by atomic mass is 35.5. The number of carbonyl (C=O) groups is 1. The van der Waals surface area contributed by atoms with Gasteiger partial charge >= 0.3 is 0 Å². The first-order chi connectivity index (χ1) is 17.2. The number of rotatable bonds is 4. The molecule has 6 atom stereocenters. The summed E-state index contributed by atoms with van der Waals surface area (Å²) in [6.45, 7) is 0.979. The average Bonchev–Trinajstić information content (AvgIpc) is 3.59. The fourth-order valence-electron chi connectivity index (χ4n) is 8.07. The third kappa shape index (κ3) is 2.83. The molecule has 8 heteroatoms. The van der Waals surface area contributed by atoms with Gasteiger partial charge in [0.1, 0.15) is 17.7 Å². The van der Waals surface area contributed by atoms with Gasteiger partial charge in [0.15, 0.2) is 11.5 Å². The summed E-state index contributed by atoms with van der Waals surface area (Å²) in [5, 5.41) is 38.2. The Labute approximate surface area is 215 Å². The number of hydroxylamine groups is 3. The second kappa shape index (κ2) is 7.38. The third-order valence-corrected chi connectivity index (χ3v) is 10.2. The number of likely N-dealkylation sites (N-methyl/N-ethyl adjacent to an activating group) is 1. The lowest BCUT2D eigenvalue weighted by atomic mass is 9.48. The molecule has 2 unspecified atom stereocenters. The number of ether oxygens (including phenoxy) is 1. The summed E-state index contributed by atoms with van der Waals surface area (Å²) < 4.78 is 6.19. The molecule has 1 amide bonds. The van der Waals surface area contributed by atoms with Gasteiger partial charge in [0.2, 0.25) is 0 Å². The molecule has 2 heterocycles. The fourth-order valence-corrected chi connectivity index (χ4v) is 8.20. The second-order valence-electron chi connectivity index (χ2n) is 11.7. The van der Waals surface area contributed by atoms with Gasteiger partial charge in [0.05, 0.1) is 24.5 Å². The van der Waals surface area contributed by atoms with E-state index in [0.29, 0.717) is 61.0 Å². The lowest BCUT2D eigenvalue weighted by molar-refractivity contribution is -0.924. The molecule has 0 aromatic heterocycles. The lowest BCUT2D eigenvalue weighted by Gasteiger charge is -2.68. The predicted octanol–water partition coefficient (Wildman–Crippen LogP) is 3.76. The van der Waals surface area contributed by atoms with Crippen molar-refractivity contribution in [3.63, 3.8) is 0 Å². The summed E-state index contributed by atoms with van der Waals surface area (Å²) in [7, 11) is 1.78. The fraction of sp³-hybridized carbons (Fsp3) is 0.536. The number of aromatic hydroxyl groups is 1. The number of halogens is 1. The Morgan fingerprint density at radius 1 is 1.19 bits per heavy atom. The Balaban J connectivity index is 1.33. The van der Waals surface area contributed by atoms with E-state index in [0.717, 1.165) is 24.0 Å². The molecular formula is C28H31ClN2O5. The number of phenols is 1. The summed E-state index contributed by atoms with van der Waals surface area (Å²) in [6.07, 6.45) is 3.54. The normalized spacial score (nSPS) is 37.7. The minimum atomic E-state index is -1.25. The molecule has 3 fully saturated rings. The van der Waals surface area contributed by atoms with E-state index in [4.69, 9.17) is 16.3 Å². The van der Waals surface area contributed by atoms with Crippen LogP contribution in [0.15, 0.2) is 36.4 Å². The summed E-state index contributed by atoms with van der Waals surface area (Å²) in [6, 6.07) is 9.57. The maximum atomic E-state index is 14.3. The first-order valence-electron chi connectivity index (χ1n) is 13.0. The van der Waals surface area contributed by atoms with Crippen LogP contribution in [0.1, 0.15) is 53.6 Å². The Hall–Kier alpha value is -2.32. The number of aliphatic hydroxyl groups is 1. The summed E-state index contributed by atoms with van der Waals surface area (Å²) in [5.74, 6) is 0.775. The number of hydrogen-bond donors (Lipinski definition) is 2. The van der Waals surface area contributed by atoms with Gasteiger partial charge in [-0.25, -0.2) is 0 Å². The molecule has 5 aliphatic rings. The third-order valence-electron chi connectivity index (χ3n) is 9.93. The molecular weight excluding hydrogens is 480 g/mol. The summed E-state index contributed by atoms with van der Waals surface area (Å²) >= 11 is 6.03. The van der Waals surface area contributed by atoms with Gasteiger partial charge in [-0.15, -0.1) is 0 Å². The van der Waals surface area contributed by atoms with Gasteiger partial charge in [-0.2, -0.15) is 0 Å². The number of benzene rings is 2.